The van der Waals surface area contributed by atoms with Crippen LogP contribution in [0.4, 0.5) is 0 Å². The van der Waals surface area contributed by atoms with E-state index in [2.05, 4.69) is 10.2 Å². The van der Waals surface area contributed by atoms with Gasteiger partial charge < -0.3 is 4.74 Å². The summed E-state index contributed by atoms with van der Waals surface area (Å²) >= 11 is 0. The molecule has 0 unspecified atom stereocenters. The SMILES string of the molecule is COc1ccc(-c2ccc(=O)[nH]n2)cc1S(=O)(=O)N1CCCCC1. The fourth-order valence-electron chi connectivity index (χ4n) is 2.79. The molecular formula is C16H19N3O4S. The predicted octanol–water partition coefficient (Wildman–Crippen LogP) is 1.62. The lowest BCUT2D eigenvalue weighted by Crippen LogP contribution is -2.35. The van der Waals surface area contributed by atoms with Crippen molar-refractivity contribution >= 4 is 10.0 Å². The second-order valence-electron chi connectivity index (χ2n) is 5.64. The monoisotopic (exact) mass is 349 g/mol. The smallest absolute Gasteiger partial charge is 0.264 e. The normalized spacial score (nSPS) is 16.0. The van der Waals surface area contributed by atoms with Crippen LogP contribution >= 0.6 is 0 Å². The van der Waals surface area contributed by atoms with E-state index in [1.54, 1.807) is 24.3 Å². The summed E-state index contributed by atoms with van der Waals surface area (Å²) in [5.74, 6) is 0.300. The Morgan fingerprint density at radius 2 is 1.88 bits per heavy atom. The maximum atomic E-state index is 13.0. The molecule has 0 radical (unpaired) electrons. The highest BCUT2D eigenvalue weighted by Gasteiger charge is 2.29. The van der Waals surface area contributed by atoms with Gasteiger partial charge in [-0.2, -0.15) is 9.40 Å². The highest BCUT2D eigenvalue weighted by atomic mass is 32.2. The highest BCUT2D eigenvalue weighted by Crippen LogP contribution is 2.32. The van der Waals surface area contributed by atoms with Gasteiger partial charge >= 0.3 is 0 Å². The molecule has 0 spiro atoms. The molecule has 7 nitrogen and oxygen atoms in total. The Kier molecular flexibility index (Phi) is 4.68. The van der Waals surface area contributed by atoms with Crippen molar-refractivity contribution in [3.8, 4) is 17.0 Å². The van der Waals surface area contributed by atoms with Crippen molar-refractivity contribution < 1.29 is 13.2 Å². The van der Waals surface area contributed by atoms with Crippen molar-refractivity contribution in [2.75, 3.05) is 20.2 Å². The first-order chi connectivity index (χ1) is 11.5. The van der Waals surface area contributed by atoms with Crippen LogP contribution in [0.15, 0.2) is 40.0 Å². The van der Waals surface area contributed by atoms with E-state index in [9.17, 15) is 13.2 Å². The van der Waals surface area contributed by atoms with Crippen LogP contribution in [0.1, 0.15) is 19.3 Å². The molecule has 2 heterocycles. The van der Waals surface area contributed by atoms with Crippen LogP contribution in [0.5, 0.6) is 5.75 Å². The average molecular weight is 349 g/mol. The lowest BCUT2D eigenvalue weighted by atomic mass is 10.1. The number of benzene rings is 1. The molecule has 128 valence electrons. The highest BCUT2D eigenvalue weighted by molar-refractivity contribution is 7.89. The van der Waals surface area contributed by atoms with Crippen LogP contribution in [0, 0.1) is 0 Å². The predicted molar refractivity (Wildman–Crippen MR) is 89.5 cm³/mol. The van der Waals surface area contributed by atoms with E-state index in [4.69, 9.17) is 4.74 Å². The van der Waals surface area contributed by atoms with Crippen LogP contribution in [-0.4, -0.2) is 43.1 Å². The molecule has 0 amide bonds. The summed E-state index contributed by atoms with van der Waals surface area (Å²) in [7, 11) is -2.19. The fourth-order valence-corrected chi connectivity index (χ4v) is 4.49. The number of rotatable bonds is 4. The van der Waals surface area contributed by atoms with Crippen LogP contribution in [0.25, 0.3) is 11.3 Å². The van der Waals surface area contributed by atoms with Crippen molar-refractivity contribution in [2.45, 2.75) is 24.2 Å². The lowest BCUT2D eigenvalue weighted by Gasteiger charge is -2.26. The van der Waals surface area contributed by atoms with Gasteiger partial charge in [-0.25, -0.2) is 13.5 Å². The second kappa shape index (κ2) is 6.74. The summed E-state index contributed by atoms with van der Waals surface area (Å²) in [6.07, 6.45) is 2.77. The number of methoxy groups -OCH3 is 1. The van der Waals surface area contributed by atoms with Crippen molar-refractivity contribution in [2.24, 2.45) is 0 Å². The Labute approximate surface area is 140 Å². The molecular weight excluding hydrogens is 330 g/mol. The molecule has 2 aromatic rings. The van der Waals surface area contributed by atoms with Gasteiger partial charge in [0.1, 0.15) is 10.6 Å². The molecule has 24 heavy (non-hydrogen) atoms. The van der Waals surface area contributed by atoms with Gasteiger partial charge in [0, 0.05) is 24.7 Å². The van der Waals surface area contributed by atoms with Crippen molar-refractivity contribution in [1.82, 2.24) is 14.5 Å². The summed E-state index contributed by atoms with van der Waals surface area (Å²) < 4.78 is 32.7. The third kappa shape index (κ3) is 3.20. The van der Waals surface area contributed by atoms with Gasteiger partial charge in [-0.3, -0.25) is 4.79 Å². The standard InChI is InChI=1S/C16H19N3O4S/c1-23-14-7-5-12(13-6-8-16(20)18-17-13)11-15(14)24(21,22)19-9-3-2-4-10-19/h5-8,11H,2-4,9-10H2,1H3,(H,18,20). The third-order valence-electron chi connectivity index (χ3n) is 4.07. The first-order valence-electron chi connectivity index (χ1n) is 7.76. The van der Waals surface area contributed by atoms with Crippen molar-refractivity contribution in [1.29, 1.82) is 0 Å². The molecule has 0 atom stereocenters. The second-order valence-corrected chi connectivity index (χ2v) is 7.54. The summed E-state index contributed by atoms with van der Waals surface area (Å²) in [5, 5.41) is 6.30. The van der Waals surface area contributed by atoms with Crippen LogP contribution in [0.2, 0.25) is 0 Å². The number of nitrogens with zero attached hydrogens (tertiary/aromatic N) is 2. The Morgan fingerprint density at radius 3 is 2.50 bits per heavy atom. The van der Waals surface area contributed by atoms with Gasteiger partial charge in [-0.05, 0) is 37.1 Å². The van der Waals surface area contributed by atoms with E-state index >= 15 is 0 Å². The molecule has 1 saturated heterocycles. The molecule has 1 aromatic carbocycles. The minimum absolute atomic E-state index is 0.123. The fraction of sp³-hybridized carbons (Fsp3) is 0.375. The number of ether oxygens (including phenoxy) is 1. The zero-order chi connectivity index (χ0) is 17.2. The molecule has 1 aliphatic rings. The van der Waals surface area contributed by atoms with Gasteiger partial charge in [0.2, 0.25) is 10.0 Å². The number of hydrogen-bond acceptors (Lipinski definition) is 5. The Balaban J connectivity index is 2.06. The number of sulfonamides is 1. The number of aromatic amines is 1. The number of hydrogen-bond donors (Lipinski definition) is 1. The van der Waals surface area contributed by atoms with Gasteiger partial charge in [-0.15, -0.1) is 0 Å². The van der Waals surface area contributed by atoms with E-state index in [1.165, 1.54) is 17.5 Å². The van der Waals surface area contributed by atoms with Crippen LogP contribution in [-0.2, 0) is 10.0 Å². The maximum absolute atomic E-state index is 13.0. The van der Waals surface area contributed by atoms with E-state index in [0.29, 0.717) is 30.1 Å². The molecule has 1 aromatic heterocycles. The zero-order valence-electron chi connectivity index (χ0n) is 13.4. The number of nitrogens with one attached hydrogen (secondary N) is 1. The molecule has 1 aliphatic heterocycles. The van der Waals surface area contributed by atoms with E-state index in [-0.39, 0.29) is 10.5 Å². The molecule has 3 rings (SSSR count). The van der Waals surface area contributed by atoms with Gasteiger partial charge in [0.25, 0.3) is 5.56 Å². The van der Waals surface area contributed by atoms with Gasteiger partial charge in [-0.1, -0.05) is 6.42 Å². The molecule has 1 fully saturated rings. The van der Waals surface area contributed by atoms with Crippen LogP contribution in [0.3, 0.4) is 0 Å². The van der Waals surface area contributed by atoms with E-state index in [0.717, 1.165) is 19.3 Å². The molecule has 0 bridgehead atoms. The maximum Gasteiger partial charge on any atom is 0.264 e. The Bertz CT molecular complexity index is 866. The first-order valence-corrected chi connectivity index (χ1v) is 9.20. The van der Waals surface area contributed by atoms with Crippen LogP contribution < -0.4 is 10.3 Å². The van der Waals surface area contributed by atoms with Crippen molar-refractivity contribution in [3.05, 3.63) is 40.7 Å². The Morgan fingerprint density at radius 1 is 1.12 bits per heavy atom. The topological polar surface area (TPSA) is 92.4 Å². The summed E-state index contributed by atoms with van der Waals surface area (Å²) in [4.78, 5) is 11.3. The summed E-state index contributed by atoms with van der Waals surface area (Å²) in [5.41, 5.74) is 0.781. The minimum Gasteiger partial charge on any atom is -0.495 e. The van der Waals surface area contributed by atoms with E-state index < -0.39 is 10.0 Å². The molecule has 0 saturated carbocycles. The summed E-state index contributed by atoms with van der Waals surface area (Å²) in [6.45, 7) is 1.04. The lowest BCUT2D eigenvalue weighted by molar-refractivity contribution is 0.343. The summed E-state index contributed by atoms with van der Waals surface area (Å²) in [6, 6.07) is 7.78. The van der Waals surface area contributed by atoms with Gasteiger partial charge in [0.05, 0.1) is 12.8 Å². The molecule has 1 N–H and O–H groups in total. The number of aromatic nitrogens is 2. The third-order valence-corrected chi connectivity index (χ3v) is 5.99. The molecule has 0 aliphatic carbocycles. The van der Waals surface area contributed by atoms with E-state index in [1.807, 2.05) is 0 Å². The zero-order valence-corrected chi connectivity index (χ0v) is 14.2. The molecule has 8 heteroatoms. The Hall–Kier alpha value is -2.19. The van der Waals surface area contributed by atoms with Crippen molar-refractivity contribution in [3.63, 3.8) is 0 Å². The minimum atomic E-state index is -3.63. The largest absolute Gasteiger partial charge is 0.495 e. The van der Waals surface area contributed by atoms with Gasteiger partial charge in [0.15, 0.2) is 0 Å². The first kappa shape index (κ1) is 16.7. The average Bonchev–Trinajstić information content (AvgIpc) is 2.62. The number of H-pyrrole nitrogens is 1. The quantitative estimate of drug-likeness (QED) is 0.905. The number of piperidine rings is 1.